The number of nitrogens with one attached hydrogen (secondary N) is 2. The van der Waals surface area contributed by atoms with Crippen LogP contribution in [0.2, 0.25) is 0 Å². The van der Waals surface area contributed by atoms with Crippen LogP contribution in [0.15, 0.2) is 67.4 Å². The lowest BCUT2D eigenvalue weighted by Crippen LogP contribution is -2.02. The van der Waals surface area contributed by atoms with Gasteiger partial charge in [-0.3, -0.25) is 5.10 Å². The van der Waals surface area contributed by atoms with E-state index in [9.17, 15) is 4.39 Å². The second-order valence-electron chi connectivity index (χ2n) is 5.50. The van der Waals surface area contributed by atoms with Crippen molar-refractivity contribution in [1.29, 1.82) is 0 Å². The molecule has 0 aliphatic rings. The van der Waals surface area contributed by atoms with Gasteiger partial charge in [0.05, 0.1) is 11.7 Å². The molecule has 2 aromatic heterocycles. The lowest BCUT2D eigenvalue weighted by Gasteiger charge is -2.11. The van der Waals surface area contributed by atoms with E-state index < -0.39 is 0 Å². The first-order chi connectivity index (χ1) is 12.2. The van der Waals surface area contributed by atoms with Crippen molar-refractivity contribution in [2.75, 3.05) is 5.32 Å². The van der Waals surface area contributed by atoms with Gasteiger partial charge in [-0.25, -0.2) is 14.4 Å². The number of anilines is 2. The SMILES string of the molecule is C=C(c1cccc(F)c1)c1nc(Nc2ccn[nH]2)c2ccccc2n1. The molecule has 0 saturated heterocycles. The van der Waals surface area contributed by atoms with Gasteiger partial charge in [0.1, 0.15) is 17.5 Å². The van der Waals surface area contributed by atoms with Crippen molar-refractivity contribution in [3.8, 4) is 0 Å². The third kappa shape index (κ3) is 2.97. The third-order valence-electron chi connectivity index (χ3n) is 3.80. The van der Waals surface area contributed by atoms with Crippen molar-refractivity contribution in [2.24, 2.45) is 0 Å². The maximum absolute atomic E-state index is 13.5. The minimum Gasteiger partial charge on any atom is -0.325 e. The number of hydrogen-bond acceptors (Lipinski definition) is 4. The molecule has 6 heteroatoms. The quantitative estimate of drug-likeness (QED) is 0.585. The largest absolute Gasteiger partial charge is 0.325 e. The molecule has 2 N–H and O–H groups in total. The summed E-state index contributed by atoms with van der Waals surface area (Å²) in [6, 6.07) is 15.7. The molecule has 5 nitrogen and oxygen atoms in total. The van der Waals surface area contributed by atoms with Gasteiger partial charge in [0, 0.05) is 17.0 Å². The molecule has 0 radical (unpaired) electrons. The van der Waals surface area contributed by atoms with Crippen LogP contribution in [0.3, 0.4) is 0 Å². The lowest BCUT2D eigenvalue weighted by molar-refractivity contribution is 0.627. The number of H-pyrrole nitrogens is 1. The first-order valence-electron chi connectivity index (χ1n) is 7.69. The number of rotatable bonds is 4. The number of hydrogen-bond donors (Lipinski definition) is 2. The Balaban J connectivity index is 1.83. The highest BCUT2D eigenvalue weighted by atomic mass is 19.1. The number of aromatic amines is 1. The number of aromatic nitrogens is 4. The summed E-state index contributed by atoms with van der Waals surface area (Å²) in [6.07, 6.45) is 1.65. The summed E-state index contributed by atoms with van der Waals surface area (Å²) in [4.78, 5) is 9.16. The molecule has 0 aliphatic carbocycles. The highest BCUT2D eigenvalue weighted by Crippen LogP contribution is 2.27. The summed E-state index contributed by atoms with van der Waals surface area (Å²) >= 11 is 0. The van der Waals surface area contributed by atoms with Crippen molar-refractivity contribution in [3.05, 3.63) is 84.6 Å². The molecular formula is C19H14FN5. The van der Waals surface area contributed by atoms with Crippen LogP contribution in [0.5, 0.6) is 0 Å². The number of fused-ring (bicyclic) bond motifs is 1. The Morgan fingerprint density at radius 2 is 1.92 bits per heavy atom. The highest BCUT2D eigenvalue weighted by molar-refractivity contribution is 5.92. The zero-order chi connectivity index (χ0) is 17.2. The standard InChI is InChI=1S/C19H14FN5/c1-12(13-5-4-6-14(20)11-13)18-22-16-8-3-2-7-15(16)19(24-18)23-17-9-10-21-25-17/h2-11H,1H2,(H2,21,22,23,24,25). The van der Waals surface area contributed by atoms with E-state index in [4.69, 9.17) is 0 Å². The average Bonchev–Trinajstić information content (AvgIpc) is 3.14. The fourth-order valence-corrected chi connectivity index (χ4v) is 2.57. The van der Waals surface area contributed by atoms with E-state index in [2.05, 4.69) is 32.1 Å². The molecule has 4 aromatic rings. The van der Waals surface area contributed by atoms with Gasteiger partial charge in [0.2, 0.25) is 0 Å². The van der Waals surface area contributed by atoms with Crippen molar-refractivity contribution in [2.45, 2.75) is 0 Å². The predicted octanol–water partition coefficient (Wildman–Crippen LogP) is 4.30. The van der Waals surface area contributed by atoms with E-state index >= 15 is 0 Å². The highest BCUT2D eigenvalue weighted by Gasteiger charge is 2.12. The van der Waals surface area contributed by atoms with Crippen LogP contribution in [-0.2, 0) is 0 Å². The Morgan fingerprint density at radius 1 is 1.04 bits per heavy atom. The number of benzene rings is 2. The summed E-state index contributed by atoms with van der Waals surface area (Å²) in [5.41, 5.74) is 1.97. The third-order valence-corrected chi connectivity index (χ3v) is 3.80. The molecule has 2 heterocycles. The Bertz CT molecular complexity index is 1060. The molecule has 0 fully saturated rings. The second-order valence-corrected chi connectivity index (χ2v) is 5.50. The van der Waals surface area contributed by atoms with E-state index in [1.807, 2.05) is 24.3 Å². The van der Waals surface area contributed by atoms with Crippen LogP contribution in [0.25, 0.3) is 16.5 Å². The molecule has 0 unspecified atom stereocenters. The van der Waals surface area contributed by atoms with Crippen molar-refractivity contribution >= 4 is 28.1 Å². The predicted molar refractivity (Wildman–Crippen MR) is 95.9 cm³/mol. The average molecular weight is 331 g/mol. The van der Waals surface area contributed by atoms with Crippen LogP contribution in [0.4, 0.5) is 16.0 Å². The molecule has 2 aromatic carbocycles. The molecular weight excluding hydrogens is 317 g/mol. The lowest BCUT2D eigenvalue weighted by atomic mass is 10.1. The molecule has 0 amide bonds. The molecule has 0 saturated carbocycles. The van der Waals surface area contributed by atoms with E-state index in [0.717, 1.165) is 10.9 Å². The number of para-hydroxylation sites is 1. The molecule has 0 atom stereocenters. The van der Waals surface area contributed by atoms with E-state index in [0.29, 0.717) is 28.6 Å². The Morgan fingerprint density at radius 3 is 2.72 bits per heavy atom. The summed E-state index contributed by atoms with van der Waals surface area (Å²) in [5.74, 6) is 1.45. The fourth-order valence-electron chi connectivity index (χ4n) is 2.57. The van der Waals surface area contributed by atoms with Gasteiger partial charge in [-0.1, -0.05) is 30.8 Å². The van der Waals surface area contributed by atoms with Gasteiger partial charge in [-0.15, -0.1) is 0 Å². The van der Waals surface area contributed by atoms with Crippen molar-refractivity contribution in [3.63, 3.8) is 0 Å². The smallest absolute Gasteiger partial charge is 0.162 e. The molecule has 0 aliphatic heterocycles. The van der Waals surface area contributed by atoms with E-state index in [1.54, 1.807) is 24.4 Å². The minimum absolute atomic E-state index is 0.324. The minimum atomic E-state index is -0.324. The normalized spacial score (nSPS) is 10.8. The van der Waals surface area contributed by atoms with Crippen LogP contribution in [-0.4, -0.2) is 20.2 Å². The fraction of sp³-hybridized carbons (Fsp3) is 0. The zero-order valence-corrected chi connectivity index (χ0v) is 13.2. The monoisotopic (exact) mass is 331 g/mol. The van der Waals surface area contributed by atoms with Crippen molar-refractivity contribution in [1.82, 2.24) is 20.2 Å². The van der Waals surface area contributed by atoms with Gasteiger partial charge in [-0.2, -0.15) is 5.10 Å². The van der Waals surface area contributed by atoms with Gasteiger partial charge < -0.3 is 5.32 Å². The summed E-state index contributed by atoms with van der Waals surface area (Å²) in [5, 5.41) is 10.8. The van der Waals surface area contributed by atoms with Crippen LogP contribution >= 0.6 is 0 Å². The first-order valence-corrected chi connectivity index (χ1v) is 7.69. The van der Waals surface area contributed by atoms with Crippen LogP contribution in [0, 0.1) is 5.82 Å². The maximum atomic E-state index is 13.5. The van der Waals surface area contributed by atoms with Crippen molar-refractivity contribution < 1.29 is 4.39 Å². The summed E-state index contributed by atoms with van der Waals surface area (Å²) in [7, 11) is 0. The van der Waals surface area contributed by atoms with E-state index in [1.165, 1.54) is 12.1 Å². The van der Waals surface area contributed by atoms with Gasteiger partial charge >= 0.3 is 0 Å². The Kier molecular flexibility index (Phi) is 3.70. The molecule has 0 spiro atoms. The van der Waals surface area contributed by atoms with Gasteiger partial charge in [-0.05, 0) is 29.8 Å². The molecule has 25 heavy (non-hydrogen) atoms. The van der Waals surface area contributed by atoms with Crippen LogP contribution in [0.1, 0.15) is 11.4 Å². The molecule has 4 rings (SSSR count). The van der Waals surface area contributed by atoms with Crippen LogP contribution < -0.4 is 5.32 Å². The Labute approximate surface area is 143 Å². The second kappa shape index (κ2) is 6.16. The van der Waals surface area contributed by atoms with Gasteiger partial charge in [0.25, 0.3) is 0 Å². The zero-order valence-electron chi connectivity index (χ0n) is 13.2. The number of nitrogens with zero attached hydrogens (tertiary/aromatic N) is 3. The first kappa shape index (κ1) is 15.0. The number of halogens is 1. The maximum Gasteiger partial charge on any atom is 0.162 e. The summed E-state index contributed by atoms with van der Waals surface area (Å²) < 4.78 is 13.5. The van der Waals surface area contributed by atoms with Gasteiger partial charge in [0.15, 0.2) is 5.82 Å². The summed E-state index contributed by atoms with van der Waals surface area (Å²) in [6.45, 7) is 4.04. The Hall–Kier alpha value is -3.54. The molecule has 122 valence electrons. The molecule has 0 bridgehead atoms. The topological polar surface area (TPSA) is 66.5 Å². The van der Waals surface area contributed by atoms with E-state index in [-0.39, 0.29) is 5.82 Å².